The number of nitrogens with zero attached hydrogens (tertiary/aromatic N) is 1. The molecule has 0 fully saturated rings. The summed E-state index contributed by atoms with van der Waals surface area (Å²) < 4.78 is 11.4. The number of hydrogen-bond acceptors (Lipinski definition) is 5. The predicted octanol–water partition coefficient (Wildman–Crippen LogP) is 7.13. The van der Waals surface area contributed by atoms with E-state index in [-0.39, 0.29) is 18.4 Å². The molecule has 0 unspecified atom stereocenters. The molecule has 0 saturated heterocycles. The third-order valence-electron chi connectivity index (χ3n) is 7.89. The number of carbonyl (C=O) groups is 3. The highest BCUT2D eigenvalue weighted by Gasteiger charge is 2.38. The van der Waals surface area contributed by atoms with E-state index in [9.17, 15) is 14.4 Å². The van der Waals surface area contributed by atoms with E-state index in [1.165, 1.54) is 4.90 Å². The van der Waals surface area contributed by atoms with Crippen molar-refractivity contribution in [2.45, 2.75) is 44.8 Å². The molecule has 1 aliphatic heterocycles. The third kappa shape index (κ3) is 5.75. The molecule has 6 rings (SSSR count). The van der Waals surface area contributed by atoms with E-state index in [0.717, 1.165) is 33.4 Å². The lowest BCUT2D eigenvalue weighted by molar-refractivity contribution is -0.121. The molecule has 0 radical (unpaired) electrons. The van der Waals surface area contributed by atoms with Crippen molar-refractivity contribution in [1.82, 2.24) is 4.90 Å². The summed E-state index contributed by atoms with van der Waals surface area (Å²) in [7, 11) is 0. The van der Waals surface area contributed by atoms with Gasteiger partial charge >= 0.3 is 12.1 Å². The van der Waals surface area contributed by atoms with Crippen LogP contribution in [0.3, 0.4) is 0 Å². The Morgan fingerprint density at radius 1 is 0.791 bits per heavy atom. The highest BCUT2D eigenvalue weighted by Crippen LogP contribution is 2.44. The van der Waals surface area contributed by atoms with Crippen LogP contribution in [0.25, 0.3) is 11.1 Å². The Hall–Kier alpha value is -4.91. The minimum Gasteiger partial charge on any atom is -0.456 e. The van der Waals surface area contributed by atoms with Gasteiger partial charge in [0, 0.05) is 18.2 Å². The molecule has 0 bridgehead atoms. The highest BCUT2D eigenvalue weighted by atomic mass is 16.6. The molecule has 7 nitrogen and oxygen atoms in total. The molecule has 2 amide bonds. The monoisotopic (exact) mass is 574 g/mol. The van der Waals surface area contributed by atoms with E-state index >= 15 is 0 Å². The quantitative estimate of drug-likeness (QED) is 0.256. The van der Waals surface area contributed by atoms with Crippen LogP contribution in [0.1, 0.15) is 65.3 Å². The average molecular weight is 575 g/mol. The molecular formula is C36H34N2O5. The number of esters is 1. The van der Waals surface area contributed by atoms with Gasteiger partial charge in [0.15, 0.2) is 0 Å². The topological polar surface area (TPSA) is 84.9 Å². The second kappa shape index (κ2) is 11.4. The lowest BCUT2D eigenvalue weighted by Crippen LogP contribution is -2.45. The van der Waals surface area contributed by atoms with Gasteiger partial charge in [0.05, 0.1) is 5.56 Å². The van der Waals surface area contributed by atoms with Crippen LogP contribution >= 0.6 is 0 Å². The molecule has 218 valence electrons. The second-order valence-corrected chi connectivity index (χ2v) is 11.9. The molecule has 4 aromatic rings. The van der Waals surface area contributed by atoms with E-state index in [0.29, 0.717) is 24.2 Å². The van der Waals surface area contributed by atoms with Crippen molar-refractivity contribution in [3.05, 3.63) is 125 Å². The number of rotatable bonds is 5. The number of ether oxygens (including phenoxy) is 2. The Kier molecular flexibility index (Phi) is 7.48. The number of benzene rings is 4. The summed E-state index contributed by atoms with van der Waals surface area (Å²) in [6, 6.07) is 29.7. The Morgan fingerprint density at radius 3 is 2.00 bits per heavy atom. The smallest absolute Gasteiger partial charge is 0.410 e. The number of nitrogens with one attached hydrogen (secondary N) is 1. The van der Waals surface area contributed by atoms with Crippen molar-refractivity contribution in [1.29, 1.82) is 0 Å². The van der Waals surface area contributed by atoms with Crippen LogP contribution < -0.4 is 5.32 Å². The van der Waals surface area contributed by atoms with Gasteiger partial charge in [-0.05, 0) is 84.8 Å². The molecule has 4 aromatic carbocycles. The zero-order chi connectivity index (χ0) is 30.1. The van der Waals surface area contributed by atoms with E-state index in [2.05, 4.69) is 29.6 Å². The van der Waals surface area contributed by atoms with E-state index < -0.39 is 23.7 Å². The standard InChI is InChI=1S/C36H34N2O5/c1-36(2,3)43-34(40)24-16-18-25(19-17-24)37-33(39)32-26-11-5-4-10-23(26)20-21-38(32)35(41)42-22-31-29-14-8-6-12-27(29)28-13-7-9-15-30(28)31/h4-19,31-32H,20-22H2,1-3H3,(H,37,39)/t32-/m0/s1. The molecule has 1 aliphatic carbocycles. The maximum Gasteiger partial charge on any atom is 0.410 e. The summed E-state index contributed by atoms with van der Waals surface area (Å²) in [5.74, 6) is -0.872. The van der Waals surface area contributed by atoms with Crippen LogP contribution in [0, 0.1) is 0 Å². The van der Waals surface area contributed by atoms with Crippen LogP contribution in [0.15, 0.2) is 97.1 Å². The number of anilines is 1. The summed E-state index contributed by atoms with van der Waals surface area (Å²) in [6.07, 6.45) is 0.0890. The van der Waals surface area contributed by atoms with Crippen LogP contribution in [0.2, 0.25) is 0 Å². The van der Waals surface area contributed by atoms with Gasteiger partial charge < -0.3 is 14.8 Å². The molecule has 1 atom stereocenters. The zero-order valence-corrected chi connectivity index (χ0v) is 24.5. The Balaban J connectivity index is 1.20. The molecule has 0 aromatic heterocycles. The first kappa shape index (κ1) is 28.2. The first-order chi connectivity index (χ1) is 20.7. The minimum absolute atomic E-state index is 0.0795. The summed E-state index contributed by atoms with van der Waals surface area (Å²) in [5.41, 5.74) is 6.64. The molecule has 1 heterocycles. The predicted molar refractivity (Wildman–Crippen MR) is 165 cm³/mol. The van der Waals surface area contributed by atoms with Crippen LogP contribution in [0.4, 0.5) is 10.5 Å². The number of carbonyl (C=O) groups excluding carboxylic acids is 3. The van der Waals surface area contributed by atoms with Gasteiger partial charge in [-0.1, -0.05) is 72.8 Å². The number of fused-ring (bicyclic) bond motifs is 4. The summed E-state index contributed by atoms with van der Waals surface area (Å²) in [5, 5.41) is 2.93. The fourth-order valence-corrected chi connectivity index (χ4v) is 5.96. The second-order valence-electron chi connectivity index (χ2n) is 11.9. The van der Waals surface area contributed by atoms with Crippen molar-refractivity contribution in [3.8, 4) is 11.1 Å². The largest absolute Gasteiger partial charge is 0.456 e. The molecule has 2 aliphatic rings. The summed E-state index contributed by atoms with van der Waals surface area (Å²) in [4.78, 5) is 41.4. The van der Waals surface area contributed by atoms with Crippen molar-refractivity contribution in [3.63, 3.8) is 0 Å². The fraction of sp³-hybridized carbons (Fsp3) is 0.250. The maximum atomic E-state index is 13.8. The third-order valence-corrected chi connectivity index (χ3v) is 7.89. The SMILES string of the molecule is CC(C)(C)OC(=O)c1ccc(NC(=O)[C@@H]2c3ccccc3CCN2C(=O)OCC2c3ccccc3-c3ccccc32)cc1. The Bertz CT molecular complexity index is 1640. The van der Waals surface area contributed by atoms with Gasteiger partial charge in [-0.3, -0.25) is 9.69 Å². The van der Waals surface area contributed by atoms with Crippen molar-refractivity contribution < 1.29 is 23.9 Å². The molecule has 7 heteroatoms. The Morgan fingerprint density at radius 2 is 1.37 bits per heavy atom. The van der Waals surface area contributed by atoms with E-state index in [1.807, 2.05) is 69.3 Å². The van der Waals surface area contributed by atoms with Gasteiger partial charge in [-0.2, -0.15) is 0 Å². The van der Waals surface area contributed by atoms with Gasteiger partial charge in [-0.15, -0.1) is 0 Å². The highest BCUT2D eigenvalue weighted by molar-refractivity contribution is 5.98. The van der Waals surface area contributed by atoms with Crippen LogP contribution in [-0.2, 0) is 20.7 Å². The van der Waals surface area contributed by atoms with E-state index in [4.69, 9.17) is 9.47 Å². The Labute approximate surface area is 251 Å². The molecule has 0 spiro atoms. The number of hydrogen-bond donors (Lipinski definition) is 1. The molecular weight excluding hydrogens is 540 g/mol. The van der Waals surface area contributed by atoms with Crippen molar-refractivity contribution >= 4 is 23.7 Å². The van der Waals surface area contributed by atoms with Gasteiger partial charge in [0.1, 0.15) is 18.2 Å². The summed E-state index contributed by atoms with van der Waals surface area (Å²) >= 11 is 0. The van der Waals surface area contributed by atoms with Crippen molar-refractivity contribution in [2.75, 3.05) is 18.5 Å². The minimum atomic E-state index is -0.869. The molecule has 0 saturated carbocycles. The first-order valence-corrected chi connectivity index (χ1v) is 14.5. The van der Waals surface area contributed by atoms with E-state index in [1.54, 1.807) is 24.3 Å². The fourth-order valence-electron chi connectivity index (χ4n) is 5.96. The number of amides is 2. The van der Waals surface area contributed by atoms with Gasteiger partial charge in [0.25, 0.3) is 5.91 Å². The maximum absolute atomic E-state index is 13.8. The molecule has 1 N–H and O–H groups in total. The molecule has 43 heavy (non-hydrogen) atoms. The van der Waals surface area contributed by atoms with Crippen molar-refractivity contribution in [2.24, 2.45) is 0 Å². The first-order valence-electron chi connectivity index (χ1n) is 14.5. The lowest BCUT2D eigenvalue weighted by Gasteiger charge is -2.35. The van der Waals surface area contributed by atoms with Crippen LogP contribution in [-0.4, -0.2) is 41.6 Å². The summed E-state index contributed by atoms with van der Waals surface area (Å²) in [6.45, 7) is 5.95. The van der Waals surface area contributed by atoms with Gasteiger partial charge in [-0.25, -0.2) is 9.59 Å². The van der Waals surface area contributed by atoms with Gasteiger partial charge in [0.2, 0.25) is 0 Å². The lowest BCUT2D eigenvalue weighted by atomic mass is 9.92. The zero-order valence-electron chi connectivity index (χ0n) is 24.5. The average Bonchev–Trinajstić information content (AvgIpc) is 3.32. The normalized spacial score (nSPS) is 15.6. The van der Waals surface area contributed by atoms with Crippen LogP contribution in [0.5, 0.6) is 0 Å².